The summed E-state index contributed by atoms with van der Waals surface area (Å²) in [7, 11) is -6.76. The van der Waals surface area contributed by atoms with Crippen molar-refractivity contribution in [2.45, 2.75) is 38.0 Å². The van der Waals surface area contributed by atoms with Crippen LogP contribution >= 0.6 is 0 Å². The molecule has 0 spiro atoms. The quantitative estimate of drug-likeness (QED) is 0.868. The number of sulfonamides is 1. The Bertz CT molecular complexity index is 728. The Kier molecular flexibility index (Phi) is 5.48. The predicted molar refractivity (Wildman–Crippen MR) is 87.7 cm³/mol. The number of sulfone groups is 1. The van der Waals surface area contributed by atoms with E-state index in [-0.39, 0.29) is 36.1 Å². The van der Waals surface area contributed by atoms with Crippen LogP contribution in [0.4, 0.5) is 4.39 Å². The van der Waals surface area contributed by atoms with E-state index in [1.54, 1.807) is 12.1 Å². The van der Waals surface area contributed by atoms with Crippen LogP contribution in [-0.4, -0.2) is 33.6 Å². The van der Waals surface area contributed by atoms with Crippen molar-refractivity contribution >= 4 is 19.9 Å². The Labute approximate surface area is 137 Å². The van der Waals surface area contributed by atoms with E-state index < -0.39 is 31.2 Å². The molecular formula is C15H22FNO4S2. The number of halogens is 1. The lowest BCUT2D eigenvalue weighted by molar-refractivity contribution is 0.455. The van der Waals surface area contributed by atoms with E-state index in [1.807, 2.05) is 13.8 Å². The van der Waals surface area contributed by atoms with Gasteiger partial charge in [-0.1, -0.05) is 26.0 Å². The topological polar surface area (TPSA) is 80.3 Å². The summed E-state index contributed by atoms with van der Waals surface area (Å²) in [6.45, 7) is 3.75. The Balaban J connectivity index is 2.17. The summed E-state index contributed by atoms with van der Waals surface area (Å²) in [4.78, 5) is 0. The largest absolute Gasteiger partial charge is 0.229 e. The molecule has 23 heavy (non-hydrogen) atoms. The van der Waals surface area contributed by atoms with Crippen molar-refractivity contribution in [2.75, 3.05) is 11.5 Å². The number of rotatable bonds is 5. The Morgan fingerprint density at radius 2 is 1.65 bits per heavy atom. The molecule has 0 bridgehead atoms. The number of hydrogen-bond donors (Lipinski definition) is 1. The van der Waals surface area contributed by atoms with Gasteiger partial charge in [0, 0.05) is 6.04 Å². The molecule has 0 aliphatic carbocycles. The third kappa shape index (κ3) is 4.74. The molecule has 8 heteroatoms. The first-order valence-electron chi connectivity index (χ1n) is 7.58. The maximum absolute atomic E-state index is 13.1. The highest BCUT2D eigenvalue weighted by Gasteiger charge is 2.34. The first kappa shape index (κ1) is 18.4. The van der Waals surface area contributed by atoms with Gasteiger partial charge in [0.2, 0.25) is 10.0 Å². The zero-order valence-corrected chi connectivity index (χ0v) is 14.8. The molecule has 1 unspecified atom stereocenters. The van der Waals surface area contributed by atoms with Crippen LogP contribution in [0, 0.1) is 11.7 Å². The van der Waals surface area contributed by atoms with Crippen molar-refractivity contribution in [1.82, 2.24) is 4.72 Å². The van der Waals surface area contributed by atoms with Gasteiger partial charge in [-0.2, -0.15) is 0 Å². The predicted octanol–water partition coefficient (Wildman–Crippen LogP) is 2.02. The summed E-state index contributed by atoms with van der Waals surface area (Å²) in [5, 5.41) is -0.701. The summed E-state index contributed by atoms with van der Waals surface area (Å²) in [5.41, 5.74) is 0.688. The second kappa shape index (κ2) is 6.86. The van der Waals surface area contributed by atoms with E-state index >= 15 is 0 Å². The van der Waals surface area contributed by atoms with Gasteiger partial charge in [-0.3, -0.25) is 0 Å². The molecule has 0 saturated carbocycles. The van der Waals surface area contributed by atoms with Crippen molar-refractivity contribution in [1.29, 1.82) is 0 Å². The lowest BCUT2D eigenvalue weighted by Crippen LogP contribution is -2.42. The molecule has 1 fully saturated rings. The summed E-state index contributed by atoms with van der Waals surface area (Å²) in [5.74, 6) is -0.595. The zero-order chi connectivity index (χ0) is 17.3. The minimum absolute atomic E-state index is 0.0254. The van der Waals surface area contributed by atoms with Crippen LogP contribution in [0.25, 0.3) is 0 Å². The van der Waals surface area contributed by atoms with Gasteiger partial charge in [0.25, 0.3) is 0 Å². The fraction of sp³-hybridized carbons (Fsp3) is 0.600. The molecule has 1 aliphatic heterocycles. The second-order valence-electron chi connectivity index (χ2n) is 6.29. The van der Waals surface area contributed by atoms with Crippen molar-refractivity contribution in [3.8, 4) is 0 Å². The molecule has 1 aromatic rings. The van der Waals surface area contributed by atoms with Crippen LogP contribution in [0.5, 0.6) is 0 Å². The Morgan fingerprint density at radius 3 is 2.13 bits per heavy atom. The lowest BCUT2D eigenvalue weighted by atomic mass is 9.97. The zero-order valence-electron chi connectivity index (χ0n) is 13.2. The van der Waals surface area contributed by atoms with E-state index in [0.717, 1.165) is 0 Å². The first-order chi connectivity index (χ1) is 10.6. The summed E-state index contributed by atoms with van der Waals surface area (Å²) < 4.78 is 63.8. The van der Waals surface area contributed by atoms with Gasteiger partial charge >= 0.3 is 0 Å². The van der Waals surface area contributed by atoms with Gasteiger partial charge < -0.3 is 0 Å². The maximum Gasteiger partial charge on any atom is 0.215 e. The molecule has 1 aliphatic rings. The smallest absolute Gasteiger partial charge is 0.215 e. The molecule has 5 nitrogen and oxygen atoms in total. The van der Waals surface area contributed by atoms with Gasteiger partial charge in [0.15, 0.2) is 0 Å². The van der Waals surface area contributed by atoms with Crippen LogP contribution in [0.2, 0.25) is 0 Å². The fourth-order valence-electron chi connectivity index (χ4n) is 2.71. The fourth-order valence-corrected chi connectivity index (χ4v) is 6.31. The minimum atomic E-state index is -3.64. The molecule has 1 N–H and O–H groups in total. The SMILES string of the molecule is CC(C)C(NS(=O)(=O)C1CCS(=O)(=O)CC1)c1ccc(F)cc1. The molecular weight excluding hydrogens is 341 g/mol. The van der Waals surface area contributed by atoms with Gasteiger partial charge in [-0.05, 0) is 36.5 Å². The Morgan fingerprint density at radius 1 is 1.13 bits per heavy atom. The molecule has 130 valence electrons. The summed E-state index contributed by atoms with van der Waals surface area (Å²) in [6, 6.07) is 5.25. The molecule has 1 aromatic carbocycles. The lowest BCUT2D eigenvalue weighted by Gasteiger charge is -2.28. The minimum Gasteiger partial charge on any atom is -0.229 e. The van der Waals surface area contributed by atoms with Crippen molar-refractivity contribution in [3.63, 3.8) is 0 Å². The Hall–Kier alpha value is -0.990. The standard InChI is InChI=1S/C15H22FNO4S2/c1-11(2)15(12-3-5-13(16)6-4-12)17-23(20,21)14-7-9-22(18,19)10-8-14/h3-6,11,14-15,17H,7-10H2,1-2H3. The first-order valence-corrected chi connectivity index (χ1v) is 10.9. The van der Waals surface area contributed by atoms with E-state index in [2.05, 4.69) is 4.72 Å². The van der Waals surface area contributed by atoms with E-state index in [4.69, 9.17) is 0 Å². The molecule has 0 radical (unpaired) electrons. The van der Waals surface area contributed by atoms with Crippen molar-refractivity contribution < 1.29 is 21.2 Å². The van der Waals surface area contributed by atoms with E-state index in [1.165, 1.54) is 12.1 Å². The van der Waals surface area contributed by atoms with Crippen LogP contribution < -0.4 is 4.72 Å². The average molecular weight is 363 g/mol. The third-order valence-corrected chi connectivity index (χ3v) is 7.77. The number of benzene rings is 1. The van der Waals surface area contributed by atoms with E-state index in [9.17, 15) is 21.2 Å². The van der Waals surface area contributed by atoms with E-state index in [0.29, 0.717) is 5.56 Å². The normalized spacial score (nSPS) is 20.5. The van der Waals surface area contributed by atoms with Crippen LogP contribution in [-0.2, 0) is 19.9 Å². The van der Waals surface area contributed by atoms with Crippen molar-refractivity contribution in [2.24, 2.45) is 5.92 Å². The van der Waals surface area contributed by atoms with Crippen LogP contribution in [0.3, 0.4) is 0 Å². The summed E-state index contributed by atoms with van der Waals surface area (Å²) >= 11 is 0. The average Bonchev–Trinajstić information content (AvgIpc) is 2.45. The molecule has 1 saturated heterocycles. The highest BCUT2D eigenvalue weighted by atomic mass is 32.2. The number of nitrogens with one attached hydrogen (secondary N) is 1. The van der Waals surface area contributed by atoms with Gasteiger partial charge in [-0.15, -0.1) is 0 Å². The monoisotopic (exact) mass is 363 g/mol. The van der Waals surface area contributed by atoms with Crippen LogP contribution in [0.15, 0.2) is 24.3 Å². The third-order valence-electron chi connectivity index (χ3n) is 4.13. The van der Waals surface area contributed by atoms with Crippen molar-refractivity contribution in [3.05, 3.63) is 35.6 Å². The van der Waals surface area contributed by atoms with Gasteiger partial charge in [0.1, 0.15) is 15.7 Å². The molecule has 0 aromatic heterocycles. The number of hydrogen-bond acceptors (Lipinski definition) is 4. The maximum atomic E-state index is 13.1. The van der Waals surface area contributed by atoms with Gasteiger partial charge in [0.05, 0.1) is 16.8 Å². The molecule has 2 rings (SSSR count). The van der Waals surface area contributed by atoms with Gasteiger partial charge in [-0.25, -0.2) is 25.9 Å². The molecule has 1 heterocycles. The highest BCUT2D eigenvalue weighted by Crippen LogP contribution is 2.26. The molecule has 0 amide bonds. The summed E-state index contributed by atoms with van der Waals surface area (Å²) in [6.07, 6.45) is 0.234. The molecule has 1 atom stereocenters. The van der Waals surface area contributed by atoms with Crippen LogP contribution in [0.1, 0.15) is 38.3 Å². The highest BCUT2D eigenvalue weighted by molar-refractivity contribution is 7.92. The second-order valence-corrected chi connectivity index (χ2v) is 10.6.